The smallest absolute Gasteiger partial charge is 0.240 e. The largest absolute Gasteiger partial charge is 0.393 e. The molecule has 0 aliphatic rings. The molecule has 2 N–H and O–H groups in total. The summed E-state index contributed by atoms with van der Waals surface area (Å²) in [5.74, 6) is 0. The van der Waals surface area contributed by atoms with E-state index < -0.39 is 22.2 Å². The Morgan fingerprint density at radius 2 is 1.34 bits per heavy atom. The number of hydrogen-bond donors (Lipinski definition) is 2. The number of ether oxygens (including phenoxy) is 1. The lowest BCUT2D eigenvalue weighted by atomic mass is 10.1. The van der Waals surface area contributed by atoms with Crippen molar-refractivity contribution in [3.8, 4) is 0 Å². The summed E-state index contributed by atoms with van der Waals surface area (Å²) in [5.41, 5.74) is 2.65. The van der Waals surface area contributed by atoms with Crippen molar-refractivity contribution >= 4 is 10.0 Å². The number of sulfonamides is 1. The van der Waals surface area contributed by atoms with E-state index in [1.54, 1.807) is 24.3 Å². The molecule has 3 rings (SSSR count). The maximum Gasteiger partial charge on any atom is 0.240 e. The first-order valence-corrected chi connectivity index (χ1v) is 10.9. The highest BCUT2D eigenvalue weighted by molar-refractivity contribution is 7.89. The minimum atomic E-state index is -3.68. The zero-order chi connectivity index (χ0) is 20.7. The van der Waals surface area contributed by atoms with Crippen molar-refractivity contribution in [3.63, 3.8) is 0 Å². The monoisotopic (exact) mass is 411 g/mol. The number of rotatable bonds is 9. The van der Waals surface area contributed by atoms with Crippen molar-refractivity contribution in [2.45, 2.75) is 24.0 Å². The molecule has 0 aliphatic heterocycles. The standard InChI is InChI=1S/C23H25NO4S/c1-18-12-14-21(15-13-18)29(26,27)24-16-22(19-8-4-2-5-9-19)28-23(17-25)20-10-6-3-7-11-20/h2-15,22-25H,16-17H2,1H3/t22-,23+/m0/s1. The molecule has 0 radical (unpaired) electrons. The van der Waals surface area contributed by atoms with Crippen molar-refractivity contribution in [2.75, 3.05) is 13.2 Å². The molecule has 3 aromatic carbocycles. The van der Waals surface area contributed by atoms with Crippen LogP contribution in [-0.2, 0) is 14.8 Å². The lowest BCUT2D eigenvalue weighted by molar-refractivity contribution is -0.0400. The van der Waals surface area contributed by atoms with E-state index in [1.807, 2.05) is 67.6 Å². The maximum atomic E-state index is 12.7. The van der Waals surface area contributed by atoms with Crippen LogP contribution in [0.2, 0.25) is 0 Å². The van der Waals surface area contributed by atoms with Crippen LogP contribution in [0.15, 0.2) is 89.8 Å². The molecular weight excluding hydrogens is 386 g/mol. The van der Waals surface area contributed by atoms with Gasteiger partial charge in [0.1, 0.15) is 6.10 Å². The van der Waals surface area contributed by atoms with Crippen LogP contribution >= 0.6 is 0 Å². The highest BCUT2D eigenvalue weighted by atomic mass is 32.2. The fourth-order valence-electron chi connectivity index (χ4n) is 2.99. The molecule has 0 saturated carbocycles. The van der Waals surface area contributed by atoms with Gasteiger partial charge in [-0.2, -0.15) is 0 Å². The third-order valence-corrected chi connectivity index (χ3v) is 6.07. The second-order valence-corrected chi connectivity index (χ2v) is 8.55. The van der Waals surface area contributed by atoms with Crippen molar-refractivity contribution in [3.05, 3.63) is 102 Å². The van der Waals surface area contributed by atoms with Crippen molar-refractivity contribution < 1.29 is 18.3 Å². The Kier molecular flexibility index (Phi) is 7.17. The summed E-state index contributed by atoms with van der Waals surface area (Å²) in [6, 6.07) is 25.5. The van der Waals surface area contributed by atoms with Gasteiger partial charge in [0.15, 0.2) is 0 Å². The average molecular weight is 412 g/mol. The van der Waals surface area contributed by atoms with E-state index in [4.69, 9.17) is 4.74 Å². The summed E-state index contributed by atoms with van der Waals surface area (Å²) in [7, 11) is -3.68. The zero-order valence-electron chi connectivity index (χ0n) is 16.2. The summed E-state index contributed by atoms with van der Waals surface area (Å²) in [6.45, 7) is 1.74. The molecule has 0 unspecified atom stereocenters. The van der Waals surface area contributed by atoms with Crippen LogP contribution in [0.5, 0.6) is 0 Å². The number of nitrogens with one attached hydrogen (secondary N) is 1. The van der Waals surface area contributed by atoms with Crippen LogP contribution in [0.25, 0.3) is 0 Å². The topological polar surface area (TPSA) is 75.6 Å². The molecule has 152 valence electrons. The molecule has 0 aliphatic carbocycles. The minimum Gasteiger partial charge on any atom is -0.393 e. The van der Waals surface area contributed by atoms with E-state index in [9.17, 15) is 13.5 Å². The molecule has 29 heavy (non-hydrogen) atoms. The van der Waals surface area contributed by atoms with E-state index in [2.05, 4.69) is 4.72 Å². The molecule has 3 aromatic rings. The van der Waals surface area contributed by atoms with Gasteiger partial charge in [-0.1, -0.05) is 78.4 Å². The molecule has 0 bridgehead atoms. The SMILES string of the molecule is Cc1ccc(S(=O)(=O)NC[C@H](O[C@H](CO)c2ccccc2)c2ccccc2)cc1. The molecule has 0 spiro atoms. The van der Waals surface area contributed by atoms with Gasteiger partial charge in [-0.15, -0.1) is 0 Å². The third kappa shape index (κ3) is 5.74. The summed E-state index contributed by atoms with van der Waals surface area (Å²) in [4.78, 5) is 0.205. The molecule has 5 nitrogen and oxygen atoms in total. The molecule has 0 heterocycles. The molecule has 2 atom stereocenters. The highest BCUT2D eigenvalue weighted by Crippen LogP contribution is 2.26. The number of aliphatic hydroxyl groups excluding tert-OH is 1. The highest BCUT2D eigenvalue weighted by Gasteiger charge is 2.22. The van der Waals surface area contributed by atoms with Gasteiger partial charge < -0.3 is 9.84 Å². The Labute approximate surface area is 172 Å². The van der Waals surface area contributed by atoms with E-state index in [0.717, 1.165) is 16.7 Å². The summed E-state index contributed by atoms with van der Waals surface area (Å²) >= 11 is 0. The Morgan fingerprint density at radius 3 is 1.86 bits per heavy atom. The van der Waals surface area contributed by atoms with Crippen molar-refractivity contribution in [1.29, 1.82) is 0 Å². The van der Waals surface area contributed by atoms with Crippen LogP contribution in [-0.4, -0.2) is 26.7 Å². The number of hydrogen-bond acceptors (Lipinski definition) is 4. The van der Waals surface area contributed by atoms with Crippen LogP contribution in [0.4, 0.5) is 0 Å². The van der Waals surface area contributed by atoms with Gasteiger partial charge >= 0.3 is 0 Å². The van der Waals surface area contributed by atoms with Gasteiger partial charge in [0.05, 0.1) is 17.6 Å². The number of aryl methyl sites for hydroxylation is 1. The molecule has 6 heteroatoms. The van der Waals surface area contributed by atoms with Gasteiger partial charge in [0.25, 0.3) is 0 Å². The van der Waals surface area contributed by atoms with Crippen LogP contribution in [0, 0.1) is 6.92 Å². The Hall–Kier alpha value is -2.51. The van der Waals surface area contributed by atoms with Crippen LogP contribution in [0.1, 0.15) is 28.9 Å². The summed E-state index contributed by atoms with van der Waals surface area (Å²) in [5, 5.41) is 9.84. The molecule has 0 amide bonds. The van der Waals surface area contributed by atoms with Crippen LogP contribution < -0.4 is 4.72 Å². The molecule has 0 aromatic heterocycles. The predicted octanol–water partition coefficient (Wildman–Crippen LogP) is 3.76. The number of aliphatic hydroxyl groups is 1. The Balaban J connectivity index is 1.80. The average Bonchev–Trinajstić information content (AvgIpc) is 2.75. The van der Waals surface area contributed by atoms with Gasteiger partial charge in [-0.3, -0.25) is 0 Å². The third-order valence-electron chi connectivity index (χ3n) is 4.63. The van der Waals surface area contributed by atoms with Gasteiger partial charge in [0.2, 0.25) is 10.0 Å². The lowest BCUT2D eigenvalue weighted by Crippen LogP contribution is -2.30. The minimum absolute atomic E-state index is 0.0452. The summed E-state index contributed by atoms with van der Waals surface area (Å²) in [6.07, 6.45) is -1.13. The lowest BCUT2D eigenvalue weighted by Gasteiger charge is -2.25. The van der Waals surface area contributed by atoms with E-state index in [1.165, 1.54) is 0 Å². The quantitative estimate of drug-likeness (QED) is 0.562. The fraction of sp³-hybridized carbons (Fsp3) is 0.217. The normalized spacial score (nSPS) is 13.7. The summed E-state index contributed by atoms with van der Waals surface area (Å²) < 4.78 is 34.2. The zero-order valence-corrected chi connectivity index (χ0v) is 17.0. The fourth-order valence-corrected chi connectivity index (χ4v) is 4.02. The van der Waals surface area contributed by atoms with Gasteiger partial charge in [-0.25, -0.2) is 13.1 Å². The first kappa shape index (κ1) is 21.2. The molecular formula is C23H25NO4S. The van der Waals surface area contributed by atoms with Crippen molar-refractivity contribution in [2.24, 2.45) is 0 Å². The van der Waals surface area contributed by atoms with Gasteiger partial charge in [-0.05, 0) is 30.2 Å². The van der Waals surface area contributed by atoms with E-state index >= 15 is 0 Å². The van der Waals surface area contributed by atoms with E-state index in [-0.39, 0.29) is 18.0 Å². The van der Waals surface area contributed by atoms with Gasteiger partial charge in [0, 0.05) is 6.54 Å². The Morgan fingerprint density at radius 1 is 0.828 bits per heavy atom. The molecule has 0 saturated heterocycles. The maximum absolute atomic E-state index is 12.7. The van der Waals surface area contributed by atoms with Crippen molar-refractivity contribution in [1.82, 2.24) is 4.72 Å². The first-order valence-electron chi connectivity index (χ1n) is 9.42. The van der Waals surface area contributed by atoms with Crippen LogP contribution in [0.3, 0.4) is 0 Å². The first-order chi connectivity index (χ1) is 14.0. The molecule has 0 fully saturated rings. The predicted molar refractivity (Wildman–Crippen MR) is 113 cm³/mol. The second kappa shape index (κ2) is 9.80. The number of benzene rings is 3. The Bertz CT molecular complexity index is 990. The second-order valence-electron chi connectivity index (χ2n) is 6.78. The van der Waals surface area contributed by atoms with E-state index in [0.29, 0.717) is 0 Å².